The van der Waals surface area contributed by atoms with Crippen LogP contribution in [0.3, 0.4) is 0 Å². The molecule has 0 heterocycles. The third kappa shape index (κ3) is 7.71. The highest BCUT2D eigenvalue weighted by molar-refractivity contribution is 7.80. The van der Waals surface area contributed by atoms with Crippen LogP contribution in [0.1, 0.15) is 46.5 Å². The zero-order valence-electron chi connectivity index (χ0n) is 19.3. The van der Waals surface area contributed by atoms with Crippen molar-refractivity contribution in [2.24, 2.45) is 0 Å². The fourth-order valence-corrected chi connectivity index (χ4v) is 3.35. The van der Waals surface area contributed by atoms with E-state index in [0.717, 1.165) is 12.8 Å². The molecular weight excluding hydrogens is 446 g/mol. The van der Waals surface area contributed by atoms with Gasteiger partial charge in [0, 0.05) is 29.3 Å². The summed E-state index contributed by atoms with van der Waals surface area (Å²) in [5.41, 5.74) is 2.75. The summed E-state index contributed by atoms with van der Waals surface area (Å²) in [6.45, 7) is 4.47. The fourth-order valence-electron chi connectivity index (χ4n) is 3.14. The standard InChI is InChI=1S/C27H29N3O3S/c1-3-19(2)28-25(31)21-11-7-13-23(17-21)29-27(34)30-26(32)22-12-8-14-24(18-22)33-16-15-20-9-5-4-6-10-20/h4-14,17-19H,3,15-16H2,1-2H3,(H,28,31)(H2,29,30,32,34). The number of hydrogen-bond acceptors (Lipinski definition) is 4. The molecule has 0 aromatic heterocycles. The van der Waals surface area contributed by atoms with Crippen LogP contribution in [-0.2, 0) is 6.42 Å². The van der Waals surface area contributed by atoms with Crippen LogP contribution in [0.25, 0.3) is 0 Å². The summed E-state index contributed by atoms with van der Waals surface area (Å²) in [6.07, 6.45) is 1.62. The molecule has 0 bridgehead atoms. The Morgan fingerprint density at radius 1 is 0.912 bits per heavy atom. The van der Waals surface area contributed by atoms with Crippen LogP contribution >= 0.6 is 12.2 Å². The van der Waals surface area contributed by atoms with Crippen molar-refractivity contribution in [1.82, 2.24) is 10.6 Å². The number of amides is 2. The molecule has 0 spiro atoms. The minimum atomic E-state index is -0.350. The SMILES string of the molecule is CCC(C)NC(=O)c1cccc(NC(=S)NC(=O)c2cccc(OCCc3ccccc3)c2)c1. The average molecular weight is 476 g/mol. The molecule has 0 fully saturated rings. The van der Waals surface area contributed by atoms with Crippen LogP contribution in [-0.4, -0.2) is 29.6 Å². The molecule has 6 nitrogen and oxygen atoms in total. The Morgan fingerprint density at radius 3 is 2.35 bits per heavy atom. The number of thiocarbonyl (C=S) groups is 1. The van der Waals surface area contributed by atoms with Gasteiger partial charge in [-0.15, -0.1) is 0 Å². The Morgan fingerprint density at radius 2 is 1.62 bits per heavy atom. The molecule has 34 heavy (non-hydrogen) atoms. The van der Waals surface area contributed by atoms with Gasteiger partial charge in [0.25, 0.3) is 11.8 Å². The number of hydrogen-bond donors (Lipinski definition) is 3. The Bertz CT molecular complexity index is 1130. The van der Waals surface area contributed by atoms with Crippen LogP contribution in [0.4, 0.5) is 5.69 Å². The molecule has 0 aliphatic rings. The van der Waals surface area contributed by atoms with Crippen molar-refractivity contribution >= 4 is 34.8 Å². The van der Waals surface area contributed by atoms with Gasteiger partial charge in [-0.2, -0.15) is 0 Å². The predicted molar refractivity (Wildman–Crippen MR) is 139 cm³/mol. The lowest BCUT2D eigenvalue weighted by molar-refractivity contribution is 0.0937. The maximum Gasteiger partial charge on any atom is 0.257 e. The number of carbonyl (C=O) groups is 2. The fraction of sp³-hybridized carbons (Fsp3) is 0.222. The van der Waals surface area contributed by atoms with Gasteiger partial charge < -0.3 is 15.4 Å². The minimum absolute atomic E-state index is 0.0857. The highest BCUT2D eigenvalue weighted by Crippen LogP contribution is 2.15. The monoisotopic (exact) mass is 475 g/mol. The summed E-state index contributed by atoms with van der Waals surface area (Å²) in [6, 6.07) is 24.1. The van der Waals surface area contributed by atoms with Crippen molar-refractivity contribution in [3.63, 3.8) is 0 Å². The third-order valence-electron chi connectivity index (χ3n) is 5.20. The van der Waals surface area contributed by atoms with E-state index in [4.69, 9.17) is 17.0 Å². The van der Waals surface area contributed by atoms with E-state index in [-0.39, 0.29) is 23.0 Å². The van der Waals surface area contributed by atoms with E-state index >= 15 is 0 Å². The van der Waals surface area contributed by atoms with Crippen molar-refractivity contribution in [2.75, 3.05) is 11.9 Å². The van der Waals surface area contributed by atoms with Gasteiger partial charge in [-0.05, 0) is 67.5 Å². The van der Waals surface area contributed by atoms with Crippen molar-refractivity contribution in [3.05, 3.63) is 95.6 Å². The number of anilines is 1. The minimum Gasteiger partial charge on any atom is -0.493 e. The number of carbonyl (C=O) groups excluding carboxylic acids is 2. The van der Waals surface area contributed by atoms with Gasteiger partial charge >= 0.3 is 0 Å². The molecule has 0 aliphatic carbocycles. The molecule has 3 N–H and O–H groups in total. The maximum absolute atomic E-state index is 12.7. The van der Waals surface area contributed by atoms with Gasteiger partial charge in [0.1, 0.15) is 5.75 Å². The van der Waals surface area contributed by atoms with Crippen LogP contribution in [0.15, 0.2) is 78.9 Å². The number of benzene rings is 3. The Labute approximate surface area is 205 Å². The topological polar surface area (TPSA) is 79.5 Å². The van der Waals surface area contributed by atoms with E-state index in [1.54, 1.807) is 42.5 Å². The highest BCUT2D eigenvalue weighted by Gasteiger charge is 2.12. The summed E-state index contributed by atoms with van der Waals surface area (Å²) in [5.74, 6) is 0.108. The largest absolute Gasteiger partial charge is 0.493 e. The van der Waals surface area contributed by atoms with Crippen LogP contribution in [0.5, 0.6) is 5.75 Å². The highest BCUT2D eigenvalue weighted by atomic mass is 32.1. The van der Waals surface area contributed by atoms with Crippen molar-refractivity contribution in [1.29, 1.82) is 0 Å². The maximum atomic E-state index is 12.7. The van der Waals surface area contributed by atoms with Gasteiger partial charge in [0.15, 0.2) is 5.11 Å². The average Bonchev–Trinajstić information content (AvgIpc) is 2.85. The van der Waals surface area contributed by atoms with Gasteiger partial charge in [0.2, 0.25) is 0 Å². The lowest BCUT2D eigenvalue weighted by Crippen LogP contribution is -2.34. The number of ether oxygens (including phenoxy) is 1. The first kappa shape index (κ1) is 24.9. The van der Waals surface area contributed by atoms with Crippen molar-refractivity contribution < 1.29 is 14.3 Å². The lowest BCUT2D eigenvalue weighted by atomic mass is 10.1. The smallest absolute Gasteiger partial charge is 0.257 e. The summed E-state index contributed by atoms with van der Waals surface area (Å²) >= 11 is 5.29. The van der Waals surface area contributed by atoms with Crippen LogP contribution in [0, 0.1) is 0 Å². The Kier molecular flexibility index (Phi) is 9.17. The van der Waals surface area contributed by atoms with E-state index in [2.05, 4.69) is 28.1 Å². The summed E-state index contributed by atoms with van der Waals surface area (Å²) < 4.78 is 5.81. The second-order valence-corrected chi connectivity index (χ2v) is 8.29. The Balaban J connectivity index is 1.53. The molecule has 1 unspecified atom stereocenters. The van der Waals surface area contributed by atoms with E-state index in [9.17, 15) is 9.59 Å². The molecular formula is C27H29N3O3S. The molecule has 176 valence electrons. The molecule has 3 rings (SSSR count). The summed E-state index contributed by atoms with van der Waals surface area (Å²) in [5, 5.41) is 8.70. The molecule has 3 aromatic rings. The van der Waals surface area contributed by atoms with Gasteiger partial charge in [-0.25, -0.2) is 0 Å². The first-order valence-electron chi connectivity index (χ1n) is 11.2. The molecule has 0 radical (unpaired) electrons. The molecule has 1 atom stereocenters. The zero-order chi connectivity index (χ0) is 24.3. The number of nitrogens with one attached hydrogen (secondary N) is 3. The predicted octanol–water partition coefficient (Wildman–Crippen LogP) is 4.96. The van der Waals surface area contributed by atoms with Crippen LogP contribution in [0.2, 0.25) is 0 Å². The molecule has 3 aromatic carbocycles. The molecule has 2 amide bonds. The van der Waals surface area contributed by atoms with Gasteiger partial charge in [-0.3, -0.25) is 14.9 Å². The van der Waals surface area contributed by atoms with Crippen molar-refractivity contribution in [3.8, 4) is 5.75 Å². The normalized spacial score (nSPS) is 11.2. The van der Waals surface area contributed by atoms with E-state index in [1.165, 1.54) is 5.56 Å². The van der Waals surface area contributed by atoms with E-state index < -0.39 is 0 Å². The first-order chi connectivity index (χ1) is 16.4. The van der Waals surface area contributed by atoms with E-state index in [1.807, 2.05) is 38.1 Å². The quantitative estimate of drug-likeness (QED) is 0.381. The summed E-state index contributed by atoms with van der Waals surface area (Å²) in [4.78, 5) is 25.0. The lowest BCUT2D eigenvalue weighted by Gasteiger charge is -2.13. The molecule has 0 saturated carbocycles. The Hall–Kier alpha value is -3.71. The molecule has 0 saturated heterocycles. The van der Waals surface area contributed by atoms with E-state index in [0.29, 0.717) is 29.2 Å². The van der Waals surface area contributed by atoms with Gasteiger partial charge in [0.05, 0.1) is 6.61 Å². The van der Waals surface area contributed by atoms with Crippen LogP contribution < -0.4 is 20.7 Å². The second kappa shape index (κ2) is 12.5. The third-order valence-corrected chi connectivity index (χ3v) is 5.40. The molecule has 0 aliphatic heterocycles. The second-order valence-electron chi connectivity index (χ2n) is 7.88. The van der Waals surface area contributed by atoms with Crippen molar-refractivity contribution in [2.45, 2.75) is 32.7 Å². The number of rotatable bonds is 9. The van der Waals surface area contributed by atoms with Gasteiger partial charge in [-0.1, -0.05) is 49.4 Å². The zero-order valence-corrected chi connectivity index (χ0v) is 20.2. The first-order valence-corrected chi connectivity index (χ1v) is 11.7. The molecule has 7 heteroatoms. The summed E-state index contributed by atoms with van der Waals surface area (Å²) in [7, 11) is 0.